The molecule has 126 valence electrons. The Morgan fingerprint density at radius 2 is 1.58 bits per heavy atom. The van der Waals surface area contributed by atoms with Gasteiger partial charge in [-0.25, -0.2) is 0 Å². The summed E-state index contributed by atoms with van der Waals surface area (Å²) in [5.74, 6) is 0.110. The van der Waals surface area contributed by atoms with Crippen LogP contribution in [0, 0.1) is 0 Å². The Kier molecular flexibility index (Phi) is 6.13. The molecule has 0 bridgehead atoms. The smallest absolute Gasteiger partial charge is 0.262 e. The first-order valence-corrected chi connectivity index (χ1v) is 8.20. The lowest BCUT2D eigenvalue weighted by Gasteiger charge is -2.15. The molecule has 0 aliphatic heterocycles. The predicted molar refractivity (Wildman–Crippen MR) is 95.8 cm³/mol. The monoisotopic (exact) mass is 325 g/mol. The number of carbonyl (C=O) groups excluding carboxylic acids is 2. The van der Waals surface area contributed by atoms with Crippen LogP contribution in [0.4, 0.5) is 5.69 Å². The summed E-state index contributed by atoms with van der Waals surface area (Å²) in [6.45, 7) is 5.47. The van der Waals surface area contributed by atoms with Crippen LogP contribution in [0.1, 0.15) is 42.3 Å². The fourth-order valence-corrected chi connectivity index (χ4v) is 2.61. The van der Waals surface area contributed by atoms with Crippen molar-refractivity contribution < 1.29 is 14.3 Å². The average molecular weight is 325 g/mol. The quantitative estimate of drug-likeness (QED) is 0.782. The second-order valence-corrected chi connectivity index (χ2v) is 5.55. The third kappa shape index (κ3) is 4.22. The summed E-state index contributed by atoms with van der Waals surface area (Å²) >= 11 is 0. The van der Waals surface area contributed by atoms with Crippen molar-refractivity contribution in [3.63, 3.8) is 0 Å². The average Bonchev–Trinajstić information content (AvgIpc) is 2.60. The molecule has 1 amide bonds. The van der Waals surface area contributed by atoms with Gasteiger partial charge >= 0.3 is 0 Å². The van der Waals surface area contributed by atoms with E-state index in [0.29, 0.717) is 11.3 Å². The van der Waals surface area contributed by atoms with E-state index in [9.17, 15) is 9.59 Å². The summed E-state index contributed by atoms with van der Waals surface area (Å²) in [7, 11) is 0. The van der Waals surface area contributed by atoms with Crippen molar-refractivity contribution in [2.45, 2.75) is 33.6 Å². The van der Waals surface area contributed by atoms with Crippen molar-refractivity contribution in [2.75, 3.05) is 11.9 Å². The van der Waals surface area contributed by atoms with Gasteiger partial charge in [0.1, 0.15) is 5.75 Å². The number of para-hydroxylation sites is 2. The minimum Gasteiger partial charge on any atom is -0.483 e. The number of hydrogen-bond acceptors (Lipinski definition) is 3. The van der Waals surface area contributed by atoms with Crippen LogP contribution >= 0.6 is 0 Å². The molecule has 0 fully saturated rings. The van der Waals surface area contributed by atoms with Gasteiger partial charge in [-0.3, -0.25) is 9.59 Å². The molecule has 1 N–H and O–H groups in total. The number of Topliss-reactive ketones (excluding diaryl/α,β-unsaturated/α-hetero) is 1. The molecule has 4 heteroatoms. The van der Waals surface area contributed by atoms with Gasteiger partial charge in [0.25, 0.3) is 5.91 Å². The van der Waals surface area contributed by atoms with Gasteiger partial charge in [-0.15, -0.1) is 0 Å². The summed E-state index contributed by atoms with van der Waals surface area (Å²) in [4.78, 5) is 23.9. The molecule has 0 aliphatic rings. The molecular weight excluding hydrogens is 302 g/mol. The van der Waals surface area contributed by atoms with Gasteiger partial charge in [0.05, 0.1) is 5.56 Å². The lowest BCUT2D eigenvalue weighted by atomic mass is 10.0. The van der Waals surface area contributed by atoms with E-state index in [1.165, 1.54) is 6.92 Å². The molecule has 0 saturated heterocycles. The third-order valence-electron chi connectivity index (χ3n) is 3.89. The van der Waals surface area contributed by atoms with Gasteiger partial charge in [-0.05, 0) is 43.0 Å². The first-order valence-electron chi connectivity index (χ1n) is 8.20. The molecule has 2 aromatic carbocycles. The van der Waals surface area contributed by atoms with Crippen LogP contribution in [0.5, 0.6) is 5.75 Å². The Bertz CT molecular complexity index is 715. The second-order valence-electron chi connectivity index (χ2n) is 5.55. The lowest BCUT2D eigenvalue weighted by Crippen LogP contribution is -2.22. The molecular formula is C20H23NO3. The number of rotatable bonds is 7. The second kappa shape index (κ2) is 8.29. The number of benzene rings is 2. The SMILES string of the molecule is CCc1cccc(CC)c1NC(=O)COc1ccccc1C(C)=O. The predicted octanol–water partition coefficient (Wildman–Crippen LogP) is 4.03. The van der Waals surface area contributed by atoms with Crippen molar-refractivity contribution in [2.24, 2.45) is 0 Å². The molecule has 0 heterocycles. The number of nitrogens with one attached hydrogen (secondary N) is 1. The number of aryl methyl sites for hydroxylation is 2. The topological polar surface area (TPSA) is 55.4 Å². The Morgan fingerprint density at radius 3 is 2.17 bits per heavy atom. The number of hydrogen-bond donors (Lipinski definition) is 1. The van der Waals surface area contributed by atoms with E-state index in [0.717, 1.165) is 29.7 Å². The Balaban J connectivity index is 2.09. The minimum atomic E-state index is -0.232. The van der Waals surface area contributed by atoms with E-state index in [1.807, 2.05) is 18.2 Å². The minimum absolute atomic E-state index is 0.0874. The van der Waals surface area contributed by atoms with E-state index in [4.69, 9.17) is 4.74 Å². The molecule has 0 spiro atoms. The van der Waals surface area contributed by atoms with E-state index < -0.39 is 0 Å². The molecule has 2 rings (SSSR count). The van der Waals surface area contributed by atoms with Gasteiger partial charge in [0.2, 0.25) is 0 Å². The van der Waals surface area contributed by atoms with Gasteiger partial charge in [0.15, 0.2) is 12.4 Å². The highest BCUT2D eigenvalue weighted by Gasteiger charge is 2.12. The lowest BCUT2D eigenvalue weighted by molar-refractivity contribution is -0.118. The molecule has 0 aromatic heterocycles. The van der Waals surface area contributed by atoms with Crippen LogP contribution < -0.4 is 10.1 Å². The van der Waals surface area contributed by atoms with Crippen molar-refractivity contribution >= 4 is 17.4 Å². The summed E-state index contributed by atoms with van der Waals surface area (Å²) in [6.07, 6.45) is 1.69. The summed E-state index contributed by atoms with van der Waals surface area (Å²) < 4.78 is 5.55. The fraction of sp³-hybridized carbons (Fsp3) is 0.300. The zero-order valence-electron chi connectivity index (χ0n) is 14.4. The van der Waals surface area contributed by atoms with E-state index in [1.54, 1.807) is 24.3 Å². The Labute approximate surface area is 142 Å². The van der Waals surface area contributed by atoms with E-state index >= 15 is 0 Å². The van der Waals surface area contributed by atoms with Gasteiger partial charge < -0.3 is 10.1 Å². The zero-order chi connectivity index (χ0) is 17.5. The summed E-state index contributed by atoms with van der Waals surface area (Å²) in [5.41, 5.74) is 3.56. The summed E-state index contributed by atoms with van der Waals surface area (Å²) in [6, 6.07) is 13.0. The molecule has 4 nitrogen and oxygen atoms in total. The highest BCUT2D eigenvalue weighted by atomic mass is 16.5. The number of ketones is 1. The molecule has 0 aliphatic carbocycles. The number of ether oxygens (including phenoxy) is 1. The van der Waals surface area contributed by atoms with Crippen LogP contribution in [0.25, 0.3) is 0 Å². The molecule has 0 atom stereocenters. The molecule has 0 unspecified atom stereocenters. The highest BCUT2D eigenvalue weighted by Crippen LogP contribution is 2.23. The number of amides is 1. The standard InChI is InChI=1S/C20H23NO3/c1-4-15-9-8-10-16(5-2)20(15)21-19(23)13-24-18-12-7-6-11-17(18)14(3)22/h6-12H,4-5,13H2,1-3H3,(H,21,23). The maximum Gasteiger partial charge on any atom is 0.262 e. The molecule has 0 saturated carbocycles. The summed E-state index contributed by atoms with van der Waals surface area (Å²) in [5, 5.41) is 2.95. The Morgan fingerprint density at radius 1 is 0.958 bits per heavy atom. The van der Waals surface area contributed by atoms with Crippen LogP contribution in [-0.4, -0.2) is 18.3 Å². The largest absolute Gasteiger partial charge is 0.483 e. The van der Waals surface area contributed by atoms with E-state index in [-0.39, 0.29) is 18.3 Å². The van der Waals surface area contributed by atoms with Crippen LogP contribution in [-0.2, 0) is 17.6 Å². The third-order valence-corrected chi connectivity index (χ3v) is 3.89. The molecule has 2 aromatic rings. The van der Waals surface area contributed by atoms with Crippen molar-refractivity contribution in [1.29, 1.82) is 0 Å². The highest BCUT2D eigenvalue weighted by molar-refractivity contribution is 5.97. The number of carbonyl (C=O) groups is 2. The first-order chi connectivity index (χ1) is 11.6. The van der Waals surface area contributed by atoms with Crippen LogP contribution in [0.2, 0.25) is 0 Å². The molecule has 24 heavy (non-hydrogen) atoms. The van der Waals surface area contributed by atoms with Crippen molar-refractivity contribution in [1.82, 2.24) is 0 Å². The van der Waals surface area contributed by atoms with Crippen molar-refractivity contribution in [3.05, 3.63) is 59.2 Å². The first kappa shape index (κ1) is 17.7. The Hall–Kier alpha value is -2.62. The van der Waals surface area contributed by atoms with E-state index in [2.05, 4.69) is 19.2 Å². The maximum atomic E-state index is 12.3. The fourth-order valence-electron chi connectivity index (χ4n) is 2.61. The normalized spacial score (nSPS) is 10.3. The van der Waals surface area contributed by atoms with Gasteiger partial charge in [0, 0.05) is 5.69 Å². The number of anilines is 1. The van der Waals surface area contributed by atoms with Crippen LogP contribution in [0.3, 0.4) is 0 Å². The maximum absolute atomic E-state index is 12.3. The molecule has 0 radical (unpaired) electrons. The van der Waals surface area contributed by atoms with Gasteiger partial charge in [-0.1, -0.05) is 44.2 Å². The van der Waals surface area contributed by atoms with Crippen molar-refractivity contribution in [3.8, 4) is 5.75 Å². The zero-order valence-corrected chi connectivity index (χ0v) is 14.4. The van der Waals surface area contributed by atoms with Gasteiger partial charge in [-0.2, -0.15) is 0 Å². The van der Waals surface area contributed by atoms with Crippen LogP contribution in [0.15, 0.2) is 42.5 Å².